The fourth-order valence-electron chi connectivity index (χ4n) is 3.28. The summed E-state index contributed by atoms with van der Waals surface area (Å²) in [5.41, 5.74) is 0. The van der Waals surface area contributed by atoms with Gasteiger partial charge in [0.1, 0.15) is 0 Å². The molecule has 2 rings (SSSR count). The van der Waals surface area contributed by atoms with Crippen LogP contribution < -0.4 is 10.6 Å². The number of piperidine rings is 1. The van der Waals surface area contributed by atoms with Crippen molar-refractivity contribution >= 4 is 18.3 Å². The van der Waals surface area contributed by atoms with Gasteiger partial charge in [0.2, 0.25) is 5.91 Å². The van der Waals surface area contributed by atoms with Crippen LogP contribution >= 0.6 is 12.4 Å². The zero-order valence-electron chi connectivity index (χ0n) is 11.6. The molecule has 4 unspecified atom stereocenters. The zero-order chi connectivity index (χ0) is 12.3. The van der Waals surface area contributed by atoms with Crippen LogP contribution in [0.25, 0.3) is 0 Å². The summed E-state index contributed by atoms with van der Waals surface area (Å²) in [4.78, 5) is 12.0. The molecular weight excluding hydrogens is 248 g/mol. The predicted molar refractivity (Wildman–Crippen MR) is 77.0 cm³/mol. The van der Waals surface area contributed by atoms with Crippen molar-refractivity contribution < 1.29 is 4.79 Å². The predicted octanol–water partition coefficient (Wildman–Crippen LogP) is 2.49. The van der Waals surface area contributed by atoms with E-state index >= 15 is 0 Å². The highest BCUT2D eigenvalue weighted by Crippen LogP contribution is 2.32. The summed E-state index contributed by atoms with van der Waals surface area (Å²) in [5, 5.41) is 6.63. The number of hydrogen-bond donors (Lipinski definition) is 2. The van der Waals surface area contributed by atoms with E-state index in [2.05, 4.69) is 24.5 Å². The summed E-state index contributed by atoms with van der Waals surface area (Å²) in [6.07, 6.45) is 6.84. The molecule has 1 saturated carbocycles. The smallest absolute Gasteiger partial charge is 0.220 e. The maximum atomic E-state index is 12.0. The maximum Gasteiger partial charge on any atom is 0.220 e. The lowest BCUT2D eigenvalue weighted by atomic mass is 9.98. The molecule has 0 bridgehead atoms. The van der Waals surface area contributed by atoms with Crippen LogP contribution in [0.1, 0.15) is 52.4 Å². The van der Waals surface area contributed by atoms with Crippen molar-refractivity contribution in [3.63, 3.8) is 0 Å². The number of amides is 1. The van der Waals surface area contributed by atoms with E-state index in [1.165, 1.54) is 25.7 Å². The molecule has 1 heterocycles. The second-order valence-corrected chi connectivity index (χ2v) is 6.05. The average Bonchev–Trinajstić information content (AvgIpc) is 2.67. The molecule has 0 aromatic carbocycles. The number of carbonyl (C=O) groups is 1. The van der Waals surface area contributed by atoms with Crippen LogP contribution in [0.15, 0.2) is 0 Å². The van der Waals surface area contributed by atoms with Gasteiger partial charge in [0.25, 0.3) is 0 Å². The lowest BCUT2D eigenvalue weighted by molar-refractivity contribution is -0.123. The molecule has 2 aliphatic rings. The van der Waals surface area contributed by atoms with Gasteiger partial charge in [0, 0.05) is 18.5 Å². The minimum absolute atomic E-state index is 0. The first-order valence-corrected chi connectivity index (χ1v) is 7.18. The van der Waals surface area contributed by atoms with Crippen molar-refractivity contribution in [1.82, 2.24) is 10.6 Å². The molecule has 1 aliphatic heterocycles. The maximum absolute atomic E-state index is 12.0. The van der Waals surface area contributed by atoms with E-state index in [-0.39, 0.29) is 18.3 Å². The van der Waals surface area contributed by atoms with Gasteiger partial charge in [-0.25, -0.2) is 0 Å². The molecule has 0 aromatic heterocycles. The van der Waals surface area contributed by atoms with Gasteiger partial charge in [-0.1, -0.05) is 13.3 Å². The van der Waals surface area contributed by atoms with Crippen molar-refractivity contribution in [3.05, 3.63) is 0 Å². The van der Waals surface area contributed by atoms with Gasteiger partial charge in [-0.15, -0.1) is 12.4 Å². The Morgan fingerprint density at radius 3 is 2.67 bits per heavy atom. The summed E-state index contributed by atoms with van der Waals surface area (Å²) in [6, 6.07) is 0.769. The molecular formula is C14H27ClN2O. The van der Waals surface area contributed by atoms with E-state index in [1.807, 2.05) is 0 Å². The van der Waals surface area contributed by atoms with Crippen LogP contribution in [0.2, 0.25) is 0 Å². The third-order valence-corrected chi connectivity index (χ3v) is 4.39. The molecule has 0 radical (unpaired) electrons. The van der Waals surface area contributed by atoms with E-state index < -0.39 is 0 Å². The molecule has 4 heteroatoms. The van der Waals surface area contributed by atoms with Crippen LogP contribution in [0, 0.1) is 11.8 Å². The standard InChI is InChI=1S/C14H26N2O.ClH/c1-10-5-6-12(8-10)9-14(17)16-13-4-3-7-15-11(13)2;/h10-13,15H,3-9H2,1-2H3,(H,16,17);1H. The zero-order valence-corrected chi connectivity index (χ0v) is 12.4. The number of halogens is 1. The highest BCUT2D eigenvalue weighted by molar-refractivity contribution is 5.85. The van der Waals surface area contributed by atoms with E-state index in [9.17, 15) is 4.79 Å². The quantitative estimate of drug-likeness (QED) is 0.830. The Balaban J connectivity index is 0.00000162. The Hall–Kier alpha value is -0.280. The SMILES string of the molecule is CC1CCC(CC(=O)NC2CCCNC2C)C1.Cl. The third-order valence-electron chi connectivity index (χ3n) is 4.39. The fraction of sp³-hybridized carbons (Fsp3) is 0.929. The van der Waals surface area contributed by atoms with Gasteiger partial charge < -0.3 is 10.6 Å². The van der Waals surface area contributed by atoms with Crippen molar-refractivity contribution in [1.29, 1.82) is 0 Å². The second kappa shape index (κ2) is 7.34. The number of hydrogen-bond acceptors (Lipinski definition) is 2. The average molecular weight is 275 g/mol. The fourth-order valence-corrected chi connectivity index (χ4v) is 3.28. The molecule has 0 spiro atoms. The van der Waals surface area contributed by atoms with Crippen LogP contribution in [-0.2, 0) is 4.79 Å². The van der Waals surface area contributed by atoms with Crippen LogP contribution in [-0.4, -0.2) is 24.5 Å². The van der Waals surface area contributed by atoms with E-state index in [0.29, 0.717) is 18.0 Å². The lowest BCUT2D eigenvalue weighted by Gasteiger charge is -2.31. The Morgan fingerprint density at radius 2 is 2.06 bits per heavy atom. The number of carbonyl (C=O) groups excluding carboxylic acids is 1. The summed E-state index contributed by atoms with van der Waals surface area (Å²) >= 11 is 0. The van der Waals surface area contributed by atoms with Crippen molar-refractivity contribution in [2.75, 3.05) is 6.54 Å². The minimum atomic E-state index is 0. The molecule has 0 aromatic rings. The van der Waals surface area contributed by atoms with Crippen molar-refractivity contribution in [2.24, 2.45) is 11.8 Å². The van der Waals surface area contributed by atoms with Gasteiger partial charge >= 0.3 is 0 Å². The molecule has 1 amide bonds. The highest BCUT2D eigenvalue weighted by Gasteiger charge is 2.26. The lowest BCUT2D eigenvalue weighted by Crippen LogP contribution is -2.52. The van der Waals surface area contributed by atoms with Crippen LogP contribution in [0.4, 0.5) is 0 Å². The van der Waals surface area contributed by atoms with Crippen LogP contribution in [0.3, 0.4) is 0 Å². The van der Waals surface area contributed by atoms with Gasteiger partial charge in [-0.05, 0) is 51.0 Å². The topological polar surface area (TPSA) is 41.1 Å². The molecule has 1 aliphatic carbocycles. The normalized spacial score (nSPS) is 35.9. The molecule has 4 atom stereocenters. The van der Waals surface area contributed by atoms with E-state index in [1.54, 1.807) is 0 Å². The molecule has 18 heavy (non-hydrogen) atoms. The van der Waals surface area contributed by atoms with E-state index in [4.69, 9.17) is 0 Å². The highest BCUT2D eigenvalue weighted by atomic mass is 35.5. The third kappa shape index (κ3) is 4.43. The van der Waals surface area contributed by atoms with Gasteiger partial charge in [-0.2, -0.15) is 0 Å². The molecule has 3 nitrogen and oxygen atoms in total. The van der Waals surface area contributed by atoms with Crippen molar-refractivity contribution in [3.8, 4) is 0 Å². The monoisotopic (exact) mass is 274 g/mol. The summed E-state index contributed by atoms with van der Waals surface area (Å²) in [5.74, 6) is 1.73. The largest absolute Gasteiger partial charge is 0.352 e. The van der Waals surface area contributed by atoms with Gasteiger partial charge in [0.05, 0.1) is 0 Å². The first-order valence-electron chi connectivity index (χ1n) is 7.18. The number of nitrogens with one attached hydrogen (secondary N) is 2. The Morgan fingerprint density at radius 1 is 1.28 bits per heavy atom. The molecule has 2 fully saturated rings. The summed E-state index contributed by atoms with van der Waals surface area (Å²) < 4.78 is 0. The van der Waals surface area contributed by atoms with E-state index in [0.717, 1.165) is 25.3 Å². The summed E-state index contributed by atoms with van der Waals surface area (Å²) in [6.45, 7) is 5.56. The Kier molecular flexibility index (Phi) is 6.44. The molecule has 1 saturated heterocycles. The van der Waals surface area contributed by atoms with Crippen LogP contribution in [0.5, 0.6) is 0 Å². The minimum Gasteiger partial charge on any atom is -0.352 e. The Bertz CT molecular complexity index is 273. The first kappa shape index (κ1) is 15.8. The second-order valence-electron chi connectivity index (χ2n) is 6.05. The number of rotatable bonds is 3. The Labute approximate surface area is 117 Å². The van der Waals surface area contributed by atoms with Gasteiger partial charge in [0.15, 0.2) is 0 Å². The summed E-state index contributed by atoms with van der Waals surface area (Å²) in [7, 11) is 0. The van der Waals surface area contributed by atoms with Crippen molar-refractivity contribution in [2.45, 2.75) is 64.5 Å². The molecule has 2 N–H and O–H groups in total. The first-order chi connectivity index (χ1) is 8.15. The van der Waals surface area contributed by atoms with Gasteiger partial charge in [-0.3, -0.25) is 4.79 Å². The molecule has 106 valence electrons.